The number of aryl methyl sites for hydroxylation is 2. The molecule has 2 aromatic heterocycles. The van der Waals surface area contributed by atoms with Crippen LogP contribution in [0.4, 0.5) is 0 Å². The molecule has 0 aliphatic carbocycles. The SMILES string of the molecule is Cc1nc2c(cc1Cl)C(C(C)n1cnnc1C)OC21CCNCC1. The van der Waals surface area contributed by atoms with Gasteiger partial charge in [-0.25, -0.2) is 0 Å². The van der Waals surface area contributed by atoms with Crippen molar-refractivity contribution in [3.8, 4) is 0 Å². The van der Waals surface area contributed by atoms with Crippen LogP contribution < -0.4 is 5.32 Å². The van der Waals surface area contributed by atoms with Crippen molar-refractivity contribution in [2.45, 2.75) is 51.4 Å². The lowest BCUT2D eigenvalue weighted by atomic mass is 9.87. The van der Waals surface area contributed by atoms with Crippen LogP contribution in [0.15, 0.2) is 12.4 Å². The van der Waals surface area contributed by atoms with Crippen LogP contribution in [0.3, 0.4) is 0 Å². The molecule has 0 radical (unpaired) electrons. The molecule has 0 saturated carbocycles. The number of hydrogen-bond donors (Lipinski definition) is 1. The highest BCUT2D eigenvalue weighted by Gasteiger charge is 2.49. The van der Waals surface area contributed by atoms with Gasteiger partial charge in [0.15, 0.2) is 0 Å². The molecule has 1 saturated heterocycles. The van der Waals surface area contributed by atoms with Gasteiger partial charge in [0.25, 0.3) is 0 Å². The van der Waals surface area contributed by atoms with Gasteiger partial charge in [-0.3, -0.25) is 4.98 Å². The first-order valence-corrected chi connectivity index (χ1v) is 8.82. The number of rotatable bonds is 2. The summed E-state index contributed by atoms with van der Waals surface area (Å²) in [5.41, 5.74) is 2.73. The number of pyridine rings is 1. The number of nitrogens with zero attached hydrogens (tertiary/aromatic N) is 4. The maximum atomic E-state index is 6.67. The first-order chi connectivity index (χ1) is 11.5. The van der Waals surface area contributed by atoms with Crippen molar-refractivity contribution in [3.05, 3.63) is 40.2 Å². The number of hydrogen-bond acceptors (Lipinski definition) is 5. The van der Waals surface area contributed by atoms with Crippen molar-refractivity contribution in [3.63, 3.8) is 0 Å². The van der Waals surface area contributed by atoms with E-state index in [1.807, 2.05) is 19.9 Å². The largest absolute Gasteiger partial charge is 0.358 e. The predicted molar refractivity (Wildman–Crippen MR) is 91.1 cm³/mol. The van der Waals surface area contributed by atoms with Gasteiger partial charge in [0, 0.05) is 5.56 Å². The number of halogens is 1. The summed E-state index contributed by atoms with van der Waals surface area (Å²) in [6.07, 6.45) is 3.52. The maximum Gasteiger partial charge on any atom is 0.129 e. The van der Waals surface area contributed by atoms with Crippen molar-refractivity contribution < 1.29 is 4.74 Å². The van der Waals surface area contributed by atoms with Crippen LogP contribution in [0, 0.1) is 13.8 Å². The van der Waals surface area contributed by atoms with Crippen LogP contribution in [0.25, 0.3) is 0 Å². The number of piperidine rings is 1. The van der Waals surface area contributed by atoms with E-state index in [-0.39, 0.29) is 17.7 Å². The van der Waals surface area contributed by atoms with Gasteiger partial charge in [-0.15, -0.1) is 10.2 Å². The van der Waals surface area contributed by atoms with E-state index in [0.29, 0.717) is 5.02 Å². The molecule has 1 fully saturated rings. The molecule has 2 aliphatic heterocycles. The first kappa shape index (κ1) is 16.0. The summed E-state index contributed by atoms with van der Waals surface area (Å²) >= 11 is 6.38. The zero-order valence-corrected chi connectivity index (χ0v) is 15.0. The monoisotopic (exact) mass is 347 g/mol. The Bertz CT molecular complexity index is 768. The summed E-state index contributed by atoms with van der Waals surface area (Å²) in [5.74, 6) is 0.880. The number of fused-ring (bicyclic) bond motifs is 2. The topological polar surface area (TPSA) is 64.9 Å². The van der Waals surface area contributed by atoms with E-state index < -0.39 is 0 Å². The van der Waals surface area contributed by atoms with Crippen molar-refractivity contribution in [2.75, 3.05) is 13.1 Å². The van der Waals surface area contributed by atoms with Gasteiger partial charge >= 0.3 is 0 Å². The Morgan fingerprint density at radius 1 is 1.38 bits per heavy atom. The summed E-state index contributed by atoms with van der Waals surface area (Å²) < 4.78 is 8.73. The van der Waals surface area contributed by atoms with E-state index in [0.717, 1.165) is 48.7 Å². The fourth-order valence-electron chi connectivity index (χ4n) is 3.93. The molecule has 2 aliphatic rings. The highest BCUT2D eigenvalue weighted by Crippen LogP contribution is 2.51. The van der Waals surface area contributed by atoms with Gasteiger partial charge in [0.2, 0.25) is 0 Å². The minimum atomic E-state index is -0.309. The number of aromatic nitrogens is 4. The second-order valence-corrected chi connectivity index (χ2v) is 7.21. The molecule has 2 aromatic rings. The molecule has 4 rings (SSSR count). The Balaban J connectivity index is 1.81. The van der Waals surface area contributed by atoms with E-state index in [2.05, 4.69) is 27.0 Å². The Labute approximate surface area is 146 Å². The van der Waals surface area contributed by atoms with E-state index in [1.165, 1.54) is 0 Å². The highest BCUT2D eigenvalue weighted by molar-refractivity contribution is 6.31. The van der Waals surface area contributed by atoms with Crippen molar-refractivity contribution >= 4 is 11.6 Å². The fraction of sp³-hybridized carbons (Fsp3) is 0.588. The molecular weight excluding hydrogens is 326 g/mol. The van der Waals surface area contributed by atoms with Crippen LogP contribution in [0.1, 0.15) is 54.7 Å². The van der Waals surface area contributed by atoms with Gasteiger partial charge in [-0.1, -0.05) is 11.6 Å². The fourth-order valence-corrected chi connectivity index (χ4v) is 4.09. The zero-order valence-electron chi connectivity index (χ0n) is 14.2. The van der Waals surface area contributed by atoms with E-state index in [4.69, 9.17) is 21.3 Å². The summed E-state index contributed by atoms with van der Waals surface area (Å²) in [4.78, 5) is 4.84. The molecule has 24 heavy (non-hydrogen) atoms. The third-order valence-corrected chi connectivity index (χ3v) is 5.69. The Morgan fingerprint density at radius 2 is 2.12 bits per heavy atom. The predicted octanol–water partition coefficient (Wildman–Crippen LogP) is 2.85. The quantitative estimate of drug-likeness (QED) is 0.905. The van der Waals surface area contributed by atoms with Gasteiger partial charge < -0.3 is 14.6 Å². The molecule has 6 nitrogen and oxygen atoms in total. The standard InChI is InChI=1S/C17H22ClN5O/c1-10-14(18)8-13-15(11(2)23-9-20-22-12(23)3)24-17(16(13)21-10)4-6-19-7-5-17/h8-9,11,15,19H,4-7H2,1-3H3. The van der Waals surface area contributed by atoms with Crippen molar-refractivity contribution in [2.24, 2.45) is 0 Å². The normalized spacial score (nSPS) is 23.4. The highest BCUT2D eigenvalue weighted by atomic mass is 35.5. The van der Waals surface area contributed by atoms with Crippen LogP contribution in [-0.2, 0) is 10.3 Å². The molecule has 2 unspecified atom stereocenters. The molecule has 1 spiro atoms. The Morgan fingerprint density at radius 3 is 2.79 bits per heavy atom. The molecule has 0 aromatic carbocycles. The minimum Gasteiger partial charge on any atom is -0.358 e. The molecule has 4 heterocycles. The summed E-state index contributed by atoms with van der Waals surface area (Å²) in [7, 11) is 0. The van der Waals surface area contributed by atoms with Gasteiger partial charge in [-0.05, 0) is 52.8 Å². The van der Waals surface area contributed by atoms with Gasteiger partial charge in [-0.2, -0.15) is 0 Å². The van der Waals surface area contributed by atoms with Crippen LogP contribution >= 0.6 is 11.6 Å². The second-order valence-electron chi connectivity index (χ2n) is 6.80. The van der Waals surface area contributed by atoms with Gasteiger partial charge in [0.1, 0.15) is 23.9 Å². The van der Waals surface area contributed by atoms with Crippen LogP contribution in [-0.4, -0.2) is 32.8 Å². The van der Waals surface area contributed by atoms with E-state index >= 15 is 0 Å². The van der Waals surface area contributed by atoms with Crippen molar-refractivity contribution in [1.82, 2.24) is 25.1 Å². The lowest BCUT2D eigenvalue weighted by Gasteiger charge is -2.35. The lowest BCUT2D eigenvalue weighted by molar-refractivity contribution is -0.111. The maximum absolute atomic E-state index is 6.67. The molecule has 7 heteroatoms. The summed E-state index contributed by atoms with van der Waals surface area (Å²) in [5, 5.41) is 12.2. The molecule has 128 valence electrons. The number of ether oxygens (including phenoxy) is 1. The smallest absolute Gasteiger partial charge is 0.129 e. The zero-order chi connectivity index (χ0) is 16.9. The summed E-state index contributed by atoms with van der Waals surface area (Å²) in [6, 6.07) is 2.12. The molecule has 0 amide bonds. The van der Waals surface area contributed by atoms with Crippen LogP contribution in [0.5, 0.6) is 0 Å². The Hall–Kier alpha value is -1.50. The molecule has 1 N–H and O–H groups in total. The van der Waals surface area contributed by atoms with E-state index in [1.54, 1.807) is 6.33 Å². The third-order valence-electron chi connectivity index (χ3n) is 5.31. The summed E-state index contributed by atoms with van der Waals surface area (Å²) in [6.45, 7) is 7.93. The molecule has 0 bridgehead atoms. The second kappa shape index (κ2) is 5.79. The Kier molecular flexibility index (Phi) is 3.86. The first-order valence-electron chi connectivity index (χ1n) is 8.44. The van der Waals surface area contributed by atoms with Crippen molar-refractivity contribution in [1.29, 1.82) is 0 Å². The molecule has 2 atom stereocenters. The minimum absolute atomic E-state index is 0.0774. The molecular formula is C17H22ClN5O. The average molecular weight is 348 g/mol. The number of nitrogens with one attached hydrogen (secondary N) is 1. The lowest BCUT2D eigenvalue weighted by Crippen LogP contribution is -2.40. The average Bonchev–Trinajstić information content (AvgIpc) is 3.12. The van der Waals surface area contributed by atoms with Gasteiger partial charge in [0.05, 0.1) is 22.5 Å². The van der Waals surface area contributed by atoms with E-state index in [9.17, 15) is 0 Å². The van der Waals surface area contributed by atoms with Crippen LogP contribution in [0.2, 0.25) is 5.02 Å². The third kappa shape index (κ3) is 2.36.